The summed E-state index contributed by atoms with van der Waals surface area (Å²) < 4.78 is 0. The summed E-state index contributed by atoms with van der Waals surface area (Å²) in [7, 11) is 0. The minimum Gasteiger partial charge on any atom is -0.391 e. The predicted molar refractivity (Wildman–Crippen MR) is 79.8 cm³/mol. The first-order chi connectivity index (χ1) is 10.1. The maximum Gasteiger partial charge on any atom is 0.217 e. The van der Waals surface area contributed by atoms with Crippen molar-refractivity contribution in [3.63, 3.8) is 0 Å². The van der Waals surface area contributed by atoms with Gasteiger partial charge < -0.3 is 15.7 Å². The van der Waals surface area contributed by atoms with E-state index in [-0.39, 0.29) is 18.2 Å². The van der Waals surface area contributed by atoms with Crippen molar-refractivity contribution in [2.45, 2.75) is 19.4 Å². The fourth-order valence-corrected chi connectivity index (χ4v) is 2.93. The summed E-state index contributed by atoms with van der Waals surface area (Å²) in [6.07, 6.45) is 3.16. The van der Waals surface area contributed by atoms with Gasteiger partial charge in [-0.2, -0.15) is 0 Å². The Balaban J connectivity index is 1.95. The van der Waals surface area contributed by atoms with Crippen LogP contribution in [0.15, 0.2) is 24.5 Å². The van der Waals surface area contributed by atoms with Gasteiger partial charge in [-0.15, -0.1) is 0 Å². The van der Waals surface area contributed by atoms with Crippen LogP contribution in [-0.4, -0.2) is 40.2 Å². The summed E-state index contributed by atoms with van der Waals surface area (Å²) in [6, 6.07) is 3.82. The number of carbonyl (C=O) groups is 1. The van der Waals surface area contributed by atoms with Gasteiger partial charge in [0.2, 0.25) is 5.91 Å². The van der Waals surface area contributed by atoms with Crippen LogP contribution >= 0.6 is 0 Å². The van der Waals surface area contributed by atoms with Crippen molar-refractivity contribution >= 4 is 22.6 Å². The van der Waals surface area contributed by atoms with Gasteiger partial charge in [0.05, 0.1) is 17.3 Å². The van der Waals surface area contributed by atoms with Crippen LogP contribution in [0.25, 0.3) is 11.0 Å². The van der Waals surface area contributed by atoms with Crippen molar-refractivity contribution in [3.8, 4) is 0 Å². The molecule has 0 aliphatic carbocycles. The molecule has 2 aromatic rings. The maximum absolute atomic E-state index is 11.1. The van der Waals surface area contributed by atoms with Crippen LogP contribution in [0.3, 0.4) is 0 Å². The molecule has 1 aliphatic rings. The monoisotopic (exact) mass is 286 g/mol. The van der Waals surface area contributed by atoms with E-state index in [1.54, 1.807) is 12.4 Å². The van der Waals surface area contributed by atoms with E-state index in [2.05, 4.69) is 14.9 Å². The molecule has 2 atom stereocenters. The maximum atomic E-state index is 11.1. The number of aromatic nitrogens is 2. The number of aryl methyl sites for hydroxylation is 1. The van der Waals surface area contributed by atoms with Gasteiger partial charge in [0.25, 0.3) is 0 Å². The van der Waals surface area contributed by atoms with Crippen molar-refractivity contribution in [2.24, 2.45) is 11.7 Å². The van der Waals surface area contributed by atoms with Gasteiger partial charge in [-0.25, -0.2) is 0 Å². The van der Waals surface area contributed by atoms with Crippen LogP contribution in [0.4, 0.5) is 5.69 Å². The molecule has 110 valence electrons. The summed E-state index contributed by atoms with van der Waals surface area (Å²) in [5.41, 5.74) is 8.93. The van der Waals surface area contributed by atoms with Crippen molar-refractivity contribution in [1.82, 2.24) is 9.97 Å². The zero-order valence-electron chi connectivity index (χ0n) is 11.9. The zero-order valence-corrected chi connectivity index (χ0v) is 11.9. The zero-order chi connectivity index (χ0) is 15.0. The molecule has 0 unspecified atom stereocenters. The number of aliphatic hydroxyl groups excluding tert-OH is 1. The number of hydrogen-bond acceptors (Lipinski definition) is 5. The molecule has 0 aromatic carbocycles. The van der Waals surface area contributed by atoms with Crippen LogP contribution < -0.4 is 10.6 Å². The number of carbonyl (C=O) groups excluding carboxylic acids is 1. The van der Waals surface area contributed by atoms with Crippen LogP contribution in [0.2, 0.25) is 0 Å². The number of β-amino-alcohol motifs (C(OH)–C–C–N with tert-alkyl or cyclic N) is 1. The van der Waals surface area contributed by atoms with E-state index in [9.17, 15) is 9.90 Å². The molecule has 3 rings (SSSR count). The largest absolute Gasteiger partial charge is 0.391 e. The van der Waals surface area contributed by atoms with Gasteiger partial charge in [0.15, 0.2) is 0 Å². The molecule has 2 aromatic heterocycles. The smallest absolute Gasteiger partial charge is 0.217 e. The molecule has 3 N–H and O–H groups in total. The Kier molecular flexibility index (Phi) is 3.47. The second kappa shape index (κ2) is 5.29. The van der Waals surface area contributed by atoms with E-state index in [1.165, 1.54) is 0 Å². The molecule has 6 nitrogen and oxygen atoms in total. The summed E-state index contributed by atoms with van der Waals surface area (Å²) >= 11 is 0. The second-order valence-electron chi connectivity index (χ2n) is 5.56. The normalized spacial score (nSPS) is 21.9. The van der Waals surface area contributed by atoms with E-state index in [4.69, 9.17) is 5.73 Å². The number of fused-ring (bicyclic) bond motifs is 1. The van der Waals surface area contributed by atoms with Gasteiger partial charge >= 0.3 is 0 Å². The molecule has 0 radical (unpaired) electrons. The van der Waals surface area contributed by atoms with Gasteiger partial charge in [-0.3, -0.25) is 14.8 Å². The average Bonchev–Trinajstić information content (AvgIpc) is 2.79. The number of pyridine rings is 2. The second-order valence-corrected chi connectivity index (χ2v) is 5.56. The molecule has 1 aliphatic heterocycles. The van der Waals surface area contributed by atoms with Gasteiger partial charge in [0, 0.05) is 37.8 Å². The lowest BCUT2D eigenvalue weighted by atomic mass is 10.0. The third kappa shape index (κ3) is 2.54. The lowest BCUT2D eigenvalue weighted by Gasteiger charge is -2.19. The molecule has 3 heterocycles. The molecule has 6 heteroatoms. The van der Waals surface area contributed by atoms with Crippen LogP contribution in [-0.2, 0) is 4.79 Å². The molecule has 0 saturated carbocycles. The Morgan fingerprint density at radius 1 is 1.33 bits per heavy atom. The highest BCUT2D eigenvalue weighted by Crippen LogP contribution is 2.30. The molecular weight excluding hydrogens is 268 g/mol. The van der Waals surface area contributed by atoms with E-state index >= 15 is 0 Å². The SMILES string of the molecule is Cc1ccnc2c(N3C[C@@H](CC(N)=O)[C@H](O)C3)ccnc12. The number of anilines is 1. The van der Waals surface area contributed by atoms with Gasteiger partial charge in [0.1, 0.15) is 5.52 Å². The fraction of sp³-hybridized carbons (Fsp3) is 0.400. The first-order valence-electron chi connectivity index (χ1n) is 6.98. The molecule has 21 heavy (non-hydrogen) atoms. The molecule has 0 spiro atoms. The van der Waals surface area contributed by atoms with Crippen LogP contribution in [0.1, 0.15) is 12.0 Å². The number of amides is 1. The van der Waals surface area contributed by atoms with Crippen LogP contribution in [0, 0.1) is 12.8 Å². The molecule has 1 amide bonds. The summed E-state index contributed by atoms with van der Waals surface area (Å²) in [4.78, 5) is 21.9. The number of rotatable bonds is 3. The fourth-order valence-electron chi connectivity index (χ4n) is 2.93. The summed E-state index contributed by atoms with van der Waals surface area (Å²) in [6.45, 7) is 3.07. The summed E-state index contributed by atoms with van der Waals surface area (Å²) in [5, 5.41) is 10.1. The van der Waals surface area contributed by atoms with Gasteiger partial charge in [-0.05, 0) is 24.6 Å². The number of primary amides is 1. The number of nitrogens with zero attached hydrogens (tertiary/aromatic N) is 3. The molecule has 0 bridgehead atoms. The highest BCUT2D eigenvalue weighted by molar-refractivity contribution is 5.89. The highest BCUT2D eigenvalue weighted by Gasteiger charge is 2.33. The third-order valence-corrected chi connectivity index (χ3v) is 4.02. The van der Waals surface area contributed by atoms with Crippen molar-refractivity contribution in [1.29, 1.82) is 0 Å². The van der Waals surface area contributed by atoms with E-state index in [1.807, 2.05) is 19.1 Å². The number of aliphatic hydroxyl groups is 1. The molecule has 1 saturated heterocycles. The van der Waals surface area contributed by atoms with E-state index in [0.717, 1.165) is 22.3 Å². The van der Waals surface area contributed by atoms with E-state index < -0.39 is 6.10 Å². The Bertz CT molecular complexity index is 688. The van der Waals surface area contributed by atoms with Gasteiger partial charge in [-0.1, -0.05) is 0 Å². The Morgan fingerprint density at radius 2 is 2.05 bits per heavy atom. The molecule has 1 fully saturated rings. The van der Waals surface area contributed by atoms with Crippen molar-refractivity contribution in [2.75, 3.05) is 18.0 Å². The highest BCUT2D eigenvalue weighted by atomic mass is 16.3. The first-order valence-corrected chi connectivity index (χ1v) is 6.98. The van der Waals surface area contributed by atoms with Crippen LogP contribution in [0.5, 0.6) is 0 Å². The summed E-state index contributed by atoms with van der Waals surface area (Å²) in [5.74, 6) is -0.509. The lowest BCUT2D eigenvalue weighted by molar-refractivity contribution is -0.119. The minimum absolute atomic E-state index is 0.129. The number of hydrogen-bond donors (Lipinski definition) is 2. The molecular formula is C15H18N4O2. The Hall–Kier alpha value is -2.21. The standard InChI is InChI=1S/C15H18N4O2/c1-9-2-4-18-15-11(3-5-17-14(9)15)19-7-10(6-13(16)21)12(20)8-19/h2-5,10,12,20H,6-8H2,1H3,(H2,16,21)/t10-,12-/m1/s1. The minimum atomic E-state index is -0.550. The van der Waals surface area contributed by atoms with E-state index in [0.29, 0.717) is 13.1 Å². The Labute approximate surface area is 122 Å². The Morgan fingerprint density at radius 3 is 2.81 bits per heavy atom. The average molecular weight is 286 g/mol. The number of nitrogens with two attached hydrogens (primary N) is 1. The topological polar surface area (TPSA) is 92.3 Å². The van der Waals surface area contributed by atoms with Crippen molar-refractivity contribution < 1.29 is 9.90 Å². The third-order valence-electron chi connectivity index (χ3n) is 4.02. The predicted octanol–water partition coefficient (Wildman–Crippen LogP) is 0.611. The first kappa shape index (κ1) is 13.8. The quantitative estimate of drug-likeness (QED) is 0.862. The lowest BCUT2D eigenvalue weighted by Crippen LogP contribution is -2.24. The van der Waals surface area contributed by atoms with Crippen molar-refractivity contribution in [3.05, 3.63) is 30.1 Å².